The Morgan fingerprint density at radius 2 is 1.78 bits per heavy atom. The third kappa shape index (κ3) is 8.14. The Bertz CT molecular complexity index is 2320. The number of piperazine rings is 1. The van der Waals surface area contributed by atoms with E-state index >= 15 is 0 Å². The summed E-state index contributed by atoms with van der Waals surface area (Å²) in [7, 11) is 0. The molecule has 1 saturated carbocycles. The number of aliphatic hydroxyl groups is 1. The van der Waals surface area contributed by atoms with Crippen molar-refractivity contribution in [1.82, 2.24) is 34.6 Å². The van der Waals surface area contributed by atoms with Crippen LogP contribution in [0.4, 0.5) is 23.1 Å². The zero-order valence-corrected chi connectivity index (χ0v) is 33.4. The van der Waals surface area contributed by atoms with Gasteiger partial charge >= 0.3 is 0 Å². The predicted octanol–water partition coefficient (Wildman–Crippen LogP) is 3.45. The summed E-state index contributed by atoms with van der Waals surface area (Å²) >= 11 is 0. The van der Waals surface area contributed by atoms with Gasteiger partial charge in [-0.25, -0.2) is 9.97 Å². The Hall–Kier alpha value is -5.78. The standard InChI is InChI=1S/C42H50N10O7/c1-25-30-24-45-42(48-37(30)51(27-7-3-4-8-27)40(57)35(25)26(2)53)46-33-13-11-28(23-44-33)50-19-17-49(18-20-50)16-6-21-59-22-15-43-31-10-5-9-29-36(31)41(58)52(39(29)56)32-12-14-34(54)47-38(32)55/h5,9-11,13,23-24,27,32,41,43,58H,3-4,6-8,12,14-22H2,1-2H3,(H,47,54,55)(H,44,45,46,48). The smallest absolute Gasteiger partial charge is 0.263 e. The van der Waals surface area contributed by atoms with Crippen LogP contribution < -0.4 is 26.4 Å². The zero-order valence-electron chi connectivity index (χ0n) is 33.4. The zero-order chi connectivity index (χ0) is 41.2. The number of carbonyl (C=O) groups is 4. The normalized spacial score (nSPS) is 20.0. The molecule has 1 aromatic carbocycles. The number of aromatic nitrogens is 4. The van der Waals surface area contributed by atoms with Crippen LogP contribution in [0.15, 0.2) is 47.5 Å². The Kier molecular flexibility index (Phi) is 11.7. The number of hydrogen-bond acceptors (Lipinski definition) is 14. The Morgan fingerprint density at radius 1 is 0.983 bits per heavy atom. The van der Waals surface area contributed by atoms with Crippen LogP contribution in [0, 0.1) is 6.92 Å². The van der Waals surface area contributed by atoms with Gasteiger partial charge in [0.05, 0.1) is 24.1 Å². The van der Waals surface area contributed by atoms with E-state index < -0.39 is 24.1 Å². The fraction of sp³-hybridized carbons (Fsp3) is 0.476. The number of fused-ring (bicyclic) bond motifs is 2. The molecular formula is C42H50N10O7. The number of piperidine rings is 1. The first-order valence-corrected chi connectivity index (χ1v) is 20.5. The molecule has 17 nitrogen and oxygen atoms in total. The van der Waals surface area contributed by atoms with Crippen molar-refractivity contribution in [2.75, 3.05) is 68.0 Å². The van der Waals surface area contributed by atoms with Crippen LogP contribution in [0.2, 0.25) is 0 Å². The number of aryl methyl sites for hydroxylation is 1. The molecule has 17 heteroatoms. The highest BCUT2D eigenvalue weighted by molar-refractivity contribution is 6.06. The molecule has 3 amide bonds. The molecule has 6 heterocycles. The number of nitrogens with one attached hydrogen (secondary N) is 3. The van der Waals surface area contributed by atoms with E-state index in [0.717, 1.165) is 75.4 Å². The van der Waals surface area contributed by atoms with Gasteiger partial charge in [-0.2, -0.15) is 4.98 Å². The van der Waals surface area contributed by atoms with Crippen molar-refractivity contribution in [3.8, 4) is 0 Å². The fourth-order valence-electron chi connectivity index (χ4n) is 8.88. The van der Waals surface area contributed by atoms with E-state index in [1.807, 2.05) is 18.3 Å². The minimum Gasteiger partial charge on any atom is -0.382 e. The third-order valence-electron chi connectivity index (χ3n) is 11.9. The summed E-state index contributed by atoms with van der Waals surface area (Å²) in [5.74, 6) is -0.713. The molecule has 1 aliphatic carbocycles. The minimum absolute atomic E-state index is 0.00484. The van der Waals surface area contributed by atoms with E-state index in [1.165, 1.54) is 6.92 Å². The highest BCUT2D eigenvalue weighted by Gasteiger charge is 2.45. The summed E-state index contributed by atoms with van der Waals surface area (Å²) < 4.78 is 7.60. The number of amides is 3. The van der Waals surface area contributed by atoms with Gasteiger partial charge in [-0.1, -0.05) is 18.9 Å². The van der Waals surface area contributed by atoms with E-state index in [1.54, 1.807) is 35.9 Å². The van der Waals surface area contributed by atoms with Gasteiger partial charge in [0, 0.05) is 86.7 Å². The molecule has 3 aliphatic heterocycles. The maximum absolute atomic E-state index is 13.6. The number of ketones is 1. The summed E-state index contributed by atoms with van der Waals surface area (Å²) in [5, 5.41) is 20.5. The second-order valence-electron chi connectivity index (χ2n) is 15.7. The van der Waals surface area contributed by atoms with Crippen molar-refractivity contribution in [2.24, 2.45) is 0 Å². The first-order valence-electron chi connectivity index (χ1n) is 20.5. The predicted molar refractivity (Wildman–Crippen MR) is 220 cm³/mol. The number of aliphatic hydroxyl groups excluding tert-OH is 1. The van der Waals surface area contributed by atoms with E-state index in [2.05, 4.69) is 35.7 Å². The number of carbonyl (C=O) groups excluding carboxylic acids is 4. The highest BCUT2D eigenvalue weighted by Crippen LogP contribution is 2.39. The molecule has 2 unspecified atom stereocenters. The maximum atomic E-state index is 13.6. The molecule has 3 fully saturated rings. The lowest BCUT2D eigenvalue weighted by atomic mass is 10.0. The van der Waals surface area contributed by atoms with Crippen LogP contribution in [-0.4, -0.2) is 116 Å². The van der Waals surface area contributed by atoms with Gasteiger partial charge in [-0.15, -0.1) is 0 Å². The summed E-state index contributed by atoms with van der Waals surface area (Å²) in [4.78, 5) is 83.0. The number of nitrogens with zero attached hydrogens (tertiary/aromatic N) is 7. The van der Waals surface area contributed by atoms with Crippen molar-refractivity contribution >= 4 is 57.7 Å². The molecule has 4 aliphatic rings. The molecule has 8 rings (SSSR count). The Balaban J connectivity index is 0.775. The van der Waals surface area contributed by atoms with Crippen molar-refractivity contribution in [1.29, 1.82) is 0 Å². The first-order chi connectivity index (χ1) is 28.6. The van der Waals surface area contributed by atoms with Gasteiger partial charge in [0.2, 0.25) is 17.8 Å². The lowest BCUT2D eigenvalue weighted by molar-refractivity contribution is -0.139. The first kappa shape index (κ1) is 40.0. The lowest BCUT2D eigenvalue weighted by Gasteiger charge is -2.36. The molecule has 2 saturated heterocycles. The van der Waals surface area contributed by atoms with E-state index in [9.17, 15) is 29.1 Å². The SMILES string of the molecule is CC(=O)c1c(C)c2cnc(Nc3ccc(N4CCN(CCCOCCNc5cccc6c5C(O)N(C5CCC(=O)NC5=O)C6=O)CC4)cn3)nc2n(C2CCCC2)c1=O. The fourth-order valence-corrected chi connectivity index (χ4v) is 8.88. The third-order valence-corrected chi connectivity index (χ3v) is 11.9. The molecule has 310 valence electrons. The van der Waals surface area contributed by atoms with Crippen LogP contribution in [-0.2, 0) is 14.3 Å². The topological polar surface area (TPSA) is 204 Å². The van der Waals surface area contributed by atoms with Gasteiger partial charge in [0.15, 0.2) is 12.0 Å². The van der Waals surface area contributed by atoms with Gasteiger partial charge in [0.1, 0.15) is 17.5 Å². The largest absolute Gasteiger partial charge is 0.382 e. The molecule has 3 aromatic heterocycles. The van der Waals surface area contributed by atoms with E-state index in [-0.39, 0.29) is 41.7 Å². The number of pyridine rings is 2. The average Bonchev–Trinajstić information content (AvgIpc) is 3.84. The van der Waals surface area contributed by atoms with Crippen molar-refractivity contribution in [3.05, 3.63) is 75.3 Å². The number of imide groups is 1. The van der Waals surface area contributed by atoms with Gasteiger partial charge in [-0.05, 0) is 69.4 Å². The molecule has 0 bridgehead atoms. The van der Waals surface area contributed by atoms with E-state index in [0.29, 0.717) is 64.9 Å². The quantitative estimate of drug-likeness (QED) is 0.0820. The van der Waals surface area contributed by atoms with Crippen LogP contribution in [0.25, 0.3) is 11.0 Å². The molecule has 4 aromatic rings. The molecule has 59 heavy (non-hydrogen) atoms. The van der Waals surface area contributed by atoms with Gasteiger partial charge in [0.25, 0.3) is 11.5 Å². The Labute approximate surface area is 341 Å². The summed E-state index contributed by atoms with van der Waals surface area (Å²) in [6.45, 7) is 9.18. The minimum atomic E-state index is -1.30. The van der Waals surface area contributed by atoms with Gasteiger partial charge < -0.3 is 25.4 Å². The summed E-state index contributed by atoms with van der Waals surface area (Å²) in [5.41, 5.74) is 3.47. The second kappa shape index (κ2) is 17.2. The number of hydrogen-bond donors (Lipinski definition) is 4. The van der Waals surface area contributed by atoms with Crippen LogP contribution >= 0.6 is 0 Å². The van der Waals surface area contributed by atoms with Crippen LogP contribution in [0.5, 0.6) is 0 Å². The maximum Gasteiger partial charge on any atom is 0.263 e. The number of anilines is 4. The molecular weight excluding hydrogens is 757 g/mol. The number of Topliss-reactive ketones (excluding diaryl/α,β-unsaturated/α-hetero) is 1. The van der Waals surface area contributed by atoms with Gasteiger partial charge in [-0.3, -0.25) is 43.7 Å². The van der Waals surface area contributed by atoms with E-state index in [4.69, 9.17) is 9.72 Å². The lowest BCUT2D eigenvalue weighted by Crippen LogP contribution is -2.53. The number of rotatable bonds is 14. The van der Waals surface area contributed by atoms with Crippen molar-refractivity contribution in [2.45, 2.75) is 77.1 Å². The van der Waals surface area contributed by atoms with Crippen LogP contribution in [0.1, 0.15) is 96.0 Å². The van der Waals surface area contributed by atoms with Crippen LogP contribution in [0.3, 0.4) is 0 Å². The molecule has 4 N–H and O–H groups in total. The average molecular weight is 807 g/mol. The van der Waals surface area contributed by atoms with Crippen molar-refractivity contribution < 1.29 is 29.0 Å². The molecule has 0 radical (unpaired) electrons. The molecule has 2 atom stereocenters. The summed E-state index contributed by atoms with van der Waals surface area (Å²) in [6.07, 6.45) is 7.21. The number of benzene rings is 1. The summed E-state index contributed by atoms with van der Waals surface area (Å²) in [6, 6.07) is 8.18. The molecule has 0 spiro atoms. The second-order valence-corrected chi connectivity index (χ2v) is 15.7. The monoisotopic (exact) mass is 806 g/mol. The van der Waals surface area contributed by atoms with Crippen molar-refractivity contribution in [3.63, 3.8) is 0 Å². The Morgan fingerprint density at radius 3 is 2.51 bits per heavy atom. The number of ether oxygens (including phenoxy) is 1. The highest BCUT2D eigenvalue weighted by atomic mass is 16.5.